The molecule has 0 radical (unpaired) electrons. The topological polar surface area (TPSA) is 127 Å². The van der Waals surface area contributed by atoms with Crippen LogP contribution in [0, 0.1) is 5.82 Å². The molecule has 0 spiro atoms. The minimum Gasteiger partial charge on any atom is -0.497 e. The number of rotatable bonds is 7. The van der Waals surface area contributed by atoms with Crippen LogP contribution in [-0.4, -0.2) is 59.9 Å². The molecule has 1 saturated heterocycles. The molecule has 0 bridgehead atoms. The molecule has 0 aliphatic carbocycles. The standard InChI is InChI=1S/C36H36FN5O6/c1-36(2,3)48-35(45)40-21-12-14-41(18-21)31-26(37)16-24-30-33(31)47-29-8-6-5-7-28(29)42(30)19-25(32(24)43)34(44)38-13-11-20-17-39-27-10-9-22(46-4)15-23(20)27/h5-10,15-17,19,21,39H,11-14,18H2,1-4H3,(H,38,44)(H,40,45). The fraction of sp³-hybridized carbons (Fsp3) is 0.306. The van der Waals surface area contributed by atoms with Gasteiger partial charge < -0.3 is 39.3 Å². The molecule has 2 aliphatic heterocycles. The number of fused-ring (bicyclic) bond motifs is 3. The normalized spacial score (nSPS) is 15.3. The molecule has 11 nitrogen and oxygen atoms in total. The number of carbonyl (C=O) groups excluding carboxylic acids is 2. The van der Waals surface area contributed by atoms with E-state index in [1.165, 1.54) is 12.3 Å². The predicted octanol–water partition coefficient (Wildman–Crippen LogP) is 5.80. The van der Waals surface area contributed by atoms with Crippen LogP contribution in [0.2, 0.25) is 0 Å². The number of hydrogen-bond donors (Lipinski definition) is 3. The van der Waals surface area contributed by atoms with Crippen LogP contribution in [0.5, 0.6) is 17.2 Å². The Morgan fingerprint density at radius 2 is 1.94 bits per heavy atom. The first kappa shape index (κ1) is 31.1. The predicted molar refractivity (Wildman–Crippen MR) is 180 cm³/mol. The summed E-state index contributed by atoms with van der Waals surface area (Å²) in [6, 6.07) is 13.8. The Hall–Kier alpha value is -5.52. The van der Waals surface area contributed by atoms with Crippen LogP contribution in [0.3, 0.4) is 0 Å². The molecule has 7 rings (SSSR count). The van der Waals surface area contributed by atoms with Crippen molar-refractivity contribution in [3.05, 3.63) is 88.1 Å². The van der Waals surface area contributed by atoms with E-state index in [0.717, 1.165) is 22.2 Å². The average molecular weight is 654 g/mol. The number of aromatic nitrogens is 2. The minimum atomic E-state index is -0.661. The van der Waals surface area contributed by atoms with Gasteiger partial charge in [-0.3, -0.25) is 9.59 Å². The number of hydrogen-bond acceptors (Lipinski definition) is 7. The number of nitrogens with zero attached hydrogens (tertiary/aromatic N) is 2. The van der Waals surface area contributed by atoms with Gasteiger partial charge in [-0.1, -0.05) is 12.1 Å². The van der Waals surface area contributed by atoms with E-state index in [1.54, 1.807) is 49.5 Å². The van der Waals surface area contributed by atoms with E-state index in [-0.39, 0.29) is 35.0 Å². The summed E-state index contributed by atoms with van der Waals surface area (Å²) in [5.74, 6) is 0.136. The van der Waals surface area contributed by atoms with Crippen molar-refractivity contribution in [2.24, 2.45) is 0 Å². The molecule has 2 aromatic heterocycles. The Balaban J connectivity index is 1.20. The fourth-order valence-electron chi connectivity index (χ4n) is 6.46. The molecular formula is C36H36FN5O6. The van der Waals surface area contributed by atoms with Crippen LogP contribution in [0.25, 0.3) is 27.5 Å². The lowest BCUT2D eigenvalue weighted by Crippen LogP contribution is -2.40. The van der Waals surface area contributed by atoms with Crippen LogP contribution >= 0.6 is 0 Å². The van der Waals surface area contributed by atoms with Crippen molar-refractivity contribution in [3.8, 4) is 22.9 Å². The van der Waals surface area contributed by atoms with Crippen LogP contribution in [0.1, 0.15) is 43.1 Å². The van der Waals surface area contributed by atoms with Crippen LogP contribution < -0.4 is 30.4 Å². The second kappa shape index (κ2) is 11.9. The largest absolute Gasteiger partial charge is 0.497 e. The first-order valence-electron chi connectivity index (χ1n) is 15.9. The highest BCUT2D eigenvalue weighted by molar-refractivity contribution is 6.01. The number of pyridine rings is 1. The van der Waals surface area contributed by atoms with Gasteiger partial charge in [-0.25, -0.2) is 9.18 Å². The summed E-state index contributed by atoms with van der Waals surface area (Å²) in [4.78, 5) is 44.8. The number of para-hydroxylation sites is 2. The molecule has 5 aromatic rings. The van der Waals surface area contributed by atoms with Gasteiger partial charge in [0.15, 0.2) is 17.3 Å². The number of alkyl carbamates (subject to hydrolysis) is 1. The summed E-state index contributed by atoms with van der Waals surface area (Å²) in [7, 11) is 1.61. The summed E-state index contributed by atoms with van der Waals surface area (Å²) < 4.78 is 34.9. The van der Waals surface area contributed by atoms with E-state index in [2.05, 4.69) is 15.6 Å². The first-order chi connectivity index (χ1) is 23.0. The zero-order valence-electron chi connectivity index (χ0n) is 27.1. The third-order valence-corrected chi connectivity index (χ3v) is 8.63. The zero-order chi connectivity index (χ0) is 33.7. The molecule has 2 amide bonds. The number of methoxy groups -OCH3 is 1. The maximum absolute atomic E-state index is 16.1. The van der Waals surface area contributed by atoms with Crippen LogP contribution in [-0.2, 0) is 11.2 Å². The van der Waals surface area contributed by atoms with Crippen molar-refractivity contribution in [3.63, 3.8) is 0 Å². The number of carbonyl (C=O) groups is 2. The van der Waals surface area contributed by atoms with Crippen molar-refractivity contribution < 1.29 is 28.2 Å². The maximum atomic E-state index is 16.1. The smallest absolute Gasteiger partial charge is 0.407 e. The third kappa shape index (κ3) is 5.67. The molecule has 4 heterocycles. The summed E-state index contributed by atoms with van der Waals surface area (Å²) in [6.45, 7) is 6.38. The van der Waals surface area contributed by atoms with Gasteiger partial charge in [0.1, 0.15) is 28.1 Å². The molecule has 3 aromatic carbocycles. The van der Waals surface area contributed by atoms with Crippen LogP contribution in [0.4, 0.5) is 14.9 Å². The molecule has 0 saturated carbocycles. The Labute approximate surface area is 275 Å². The number of halogens is 1. The minimum absolute atomic E-state index is 0.0275. The van der Waals surface area contributed by atoms with Gasteiger partial charge in [0.25, 0.3) is 5.91 Å². The molecule has 48 heavy (non-hydrogen) atoms. The number of anilines is 1. The second-order valence-corrected chi connectivity index (χ2v) is 13.1. The second-order valence-electron chi connectivity index (χ2n) is 13.1. The van der Waals surface area contributed by atoms with Gasteiger partial charge in [-0.05, 0) is 75.6 Å². The van der Waals surface area contributed by atoms with E-state index in [9.17, 15) is 14.4 Å². The van der Waals surface area contributed by atoms with Crippen molar-refractivity contribution in [1.29, 1.82) is 0 Å². The van der Waals surface area contributed by atoms with E-state index in [0.29, 0.717) is 42.9 Å². The maximum Gasteiger partial charge on any atom is 0.407 e. The monoisotopic (exact) mass is 653 g/mol. The lowest BCUT2D eigenvalue weighted by atomic mass is 10.1. The molecule has 1 fully saturated rings. The fourth-order valence-corrected chi connectivity index (χ4v) is 6.46. The van der Waals surface area contributed by atoms with Crippen LogP contribution in [0.15, 0.2) is 65.7 Å². The quantitative estimate of drug-likeness (QED) is 0.199. The van der Waals surface area contributed by atoms with E-state index in [4.69, 9.17) is 14.2 Å². The van der Waals surface area contributed by atoms with Crippen molar-refractivity contribution in [2.45, 2.75) is 45.3 Å². The van der Waals surface area contributed by atoms with Gasteiger partial charge in [0.2, 0.25) is 5.43 Å². The SMILES string of the molecule is COc1ccc2[nH]cc(CCNC(=O)c3cn4c5c(c(N6CCC(NC(=O)OC(C)(C)C)C6)c(F)cc5c3=O)Oc3ccccc3-4)c2c1. The molecule has 12 heteroatoms. The van der Waals surface area contributed by atoms with Crippen molar-refractivity contribution in [2.75, 3.05) is 31.6 Å². The summed E-state index contributed by atoms with van der Waals surface area (Å²) >= 11 is 0. The summed E-state index contributed by atoms with van der Waals surface area (Å²) in [5.41, 5.74) is 1.74. The molecule has 2 aliphatic rings. The Kier molecular flexibility index (Phi) is 7.73. The van der Waals surface area contributed by atoms with Gasteiger partial charge in [0.05, 0.1) is 24.2 Å². The summed E-state index contributed by atoms with van der Waals surface area (Å²) in [6.07, 6.45) is 3.92. The third-order valence-electron chi connectivity index (χ3n) is 8.63. The molecule has 248 valence electrons. The number of aromatic amines is 1. The summed E-state index contributed by atoms with van der Waals surface area (Å²) in [5, 5.41) is 6.75. The molecule has 1 unspecified atom stereocenters. The highest BCUT2D eigenvalue weighted by atomic mass is 19.1. The van der Waals surface area contributed by atoms with Gasteiger partial charge in [-0.15, -0.1) is 0 Å². The average Bonchev–Trinajstić information content (AvgIpc) is 3.67. The van der Waals surface area contributed by atoms with E-state index in [1.807, 2.05) is 36.5 Å². The molecule has 1 atom stereocenters. The highest BCUT2D eigenvalue weighted by Gasteiger charge is 2.34. The Morgan fingerprint density at radius 1 is 1.12 bits per heavy atom. The van der Waals surface area contributed by atoms with Gasteiger partial charge in [-0.2, -0.15) is 0 Å². The van der Waals surface area contributed by atoms with E-state index >= 15 is 4.39 Å². The van der Waals surface area contributed by atoms with Crippen molar-refractivity contribution >= 4 is 39.5 Å². The number of benzene rings is 3. The Bertz CT molecular complexity index is 2150. The lowest BCUT2D eigenvalue weighted by Gasteiger charge is -2.29. The number of H-pyrrole nitrogens is 1. The van der Waals surface area contributed by atoms with Gasteiger partial charge in [0, 0.05) is 42.9 Å². The Morgan fingerprint density at radius 3 is 2.73 bits per heavy atom. The molecule has 3 N–H and O–H groups in total. The molecular weight excluding hydrogens is 617 g/mol. The number of ether oxygens (including phenoxy) is 3. The van der Waals surface area contributed by atoms with E-state index < -0.39 is 28.8 Å². The van der Waals surface area contributed by atoms with Gasteiger partial charge >= 0.3 is 6.09 Å². The highest BCUT2D eigenvalue weighted by Crippen LogP contribution is 2.47. The zero-order valence-corrected chi connectivity index (χ0v) is 27.1. The number of nitrogens with one attached hydrogen (secondary N) is 3. The van der Waals surface area contributed by atoms with Crippen molar-refractivity contribution in [1.82, 2.24) is 20.2 Å². The number of amides is 2. The lowest BCUT2D eigenvalue weighted by molar-refractivity contribution is 0.0508. The first-order valence-corrected chi connectivity index (χ1v) is 15.9.